The summed E-state index contributed by atoms with van der Waals surface area (Å²) in [6.45, 7) is 1.87. The molecule has 6 nitrogen and oxygen atoms in total. The molecule has 1 amide bonds. The van der Waals surface area contributed by atoms with E-state index in [1.807, 2.05) is 54.6 Å². The van der Waals surface area contributed by atoms with Crippen molar-refractivity contribution >= 4 is 6.09 Å². The van der Waals surface area contributed by atoms with Crippen LogP contribution in [-0.2, 0) is 17.8 Å². The first kappa shape index (κ1) is 19.2. The molecule has 0 aliphatic carbocycles. The zero-order valence-corrected chi connectivity index (χ0v) is 15.5. The SMILES string of the molecule is COc1ccc(CC(O)C2CN(C(=O)OCc3ccccc3)CCN2)cc1. The number of rotatable bonds is 6. The molecule has 2 aromatic carbocycles. The number of aliphatic hydroxyl groups excluding tert-OH is 1. The van der Waals surface area contributed by atoms with Gasteiger partial charge in [-0.05, 0) is 29.7 Å². The van der Waals surface area contributed by atoms with Crippen LogP contribution in [-0.4, -0.2) is 55.0 Å². The van der Waals surface area contributed by atoms with Crippen LogP contribution < -0.4 is 10.1 Å². The Morgan fingerprint density at radius 3 is 2.63 bits per heavy atom. The van der Waals surface area contributed by atoms with Crippen LogP contribution >= 0.6 is 0 Å². The predicted molar refractivity (Wildman–Crippen MR) is 103 cm³/mol. The molecule has 2 unspecified atom stereocenters. The van der Waals surface area contributed by atoms with E-state index < -0.39 is 6.10 Å². The van der Waals surface area contributed by atoms with Gasteiger partial charge in [0.1, 0.15) is 12.4 Å². The minimum absolute atomic E-state index is 0.190. The number of piperazine rings is 1. The van der Waals surface area contributed by atoms with Crippen LogP contribution in [0.2, 0.25) is 0 Å². The topological polar surface area (TPSA) is 71.0 Å². The normalized spacial score (nSPS) is 18.0. The lowest BCUT2D eigenvalue weighted by molar-refractivity contribution is 0.0568. The highest BCUT2D eigenvalue weighted by molar-refractivity contribution is 5.67. The van der Waals surface area contributed by atoms with Crippen molar-refractivity contribution in [1.82, 2.24) is 10.2 Å². The Balaban J connectivity index is 1.50. The minimum Gasteiger partial charge on any atom is -0.497 e. The quantitative estimate of drug-likeness (QED) is 0.816. The number of nitrogens with zero attached hydrogens (tertiary/aromatic N) is 1. The summed E-state index contributed by atoms with van der Waals surface area (Å²) in [4.78, 5) is 14.0. The van der Waals surface area contributed by atoms with Crippen LogP contribution in [0.15, 0.2) is 54.6 Å². The third-order valence-electron chi connectivity index (χ3n) is 4.74. The van der Waals surface area contributed by atoms with Crippen molar-refractivity contribution in [2.24, 2.45) is 0 Å². The molecule has 0 bridgehead atoms. The lowest BCUT2D eigenvalue weighted by Gasteiger charge is -2.35. The molecular formula is C21H26N2O4. The lowest BCUT2D eigenvalue weighted by atomic mass is 10.0. The maximum Gasteiger partial charge on any atom is 0.410 e. The van der Waals surface area contributed by atoms with Crippen LogP contribution in [0.4, 0.5) is 4.79 Å². The van der Waals surface area contributed by atoms with Gasteiger partial charge >= 0.3 is 6.09 Å². The zero-order valence-electron chi connectivity index (χ0n) is 15.5. The standard InChI is InChI=1S/C21H26N2O4/c1-26-18-9-7-16(8-10-18)13-20(24)19-14-23(12-11-22-19)21(25)27-15-17-5-3-2-4-6-17/h2-10,19-20,22,24H,11-15H2,1H3. The van der Waals surface area contributed by atoms with Crippen molar-refractivity contribution in [3.63, 3.8) is 0 Å². The molecule has 0 aromatic heterocycles. The molecule has 1 saturated heterocycles. The highest BCUT2D eigenvalue weighted by atomic mass is 16.6. The summed E-state index contributed by atoms with van der Waals surface area (Å²) in [5, 5.41) is 13.9. The van der Waals surface area contributed by atoms with Gasteiger partial charge in [-0.3, -0.25) is 0 Å². The van der Waals surface area contributed by atoms with Gasteiger partial charge in [0.05, 0.1) is 19.3 Å². The smallest absolute Gasteiger partial charge is 0.410 e. The van der Waals surface area contributed by atoms with Gasteiger partial charge in [-0.25, -0.2) is 4.79 Å². The highest BCUT2D eigenvalue weighted by Gasteiger charge is 2.29. The molecule has 1 fully saturated rings. The number of aliphatic hydroxyl groups is 1. The molecular weight excluding hydrogens is 344 g/mol. The number of ether oxygens (including phenoxy) is 2. The van der Waals surface area contributed by atoms with E-state index in [1.165, 1.54) is 0 Å². The van der Waals surface area contributed by atoms with E-state index in [0.717, 1.165) is 16.9 Å². The number of methoxy groups -OCH3 is 1. The molecule has 1 aliphatic rings. The van der Waals surface area contributed by atoms with Crippen molar-refractivity contribution in [2.75, 3.05) is 26.7 Å². The number of hydrogen-bond acceptors (Lipinski definition) is 5. The van der Waals surface area contributed by atoms with Gasteiger partial charge < -0.3 is 24.8 Å². The van der Waals surface area contributed by atoms with E-state index in [9.17, 15) is 9.90 Å². The van der Waals surface area contributed by atoms with E-state index in [0.29, 0.717) is 26.1 Å². The lowest BCUT2D eigenvalue weighted by Crippen LogP contribution is -2.57. The van der Waals surface area contributed by atoms with Gasteiger partial charge in [0.2, 0.25) is 0 Å². The summed E-state index contributed by atoms with van der Waals surface area (Å²) in [6, 6.07) is 17.1. The zero-order chi connectivity index (χ0) is 19.1. The van der Waals surface area contributed by atoms with Crippen LogP contribution in [0.3, 0.4) is 0 Å². The van der Waals surface area contributed by atoms with E-state index >= 15 is 0 Å². The van der Waals surface area contributed by atoms with Crippen molar-refractivity contribution in [3.05, 3.63) is 65.7 Å². The second kappa shape index (κ2) is 9.39. The number of amides is 1. The van der Waals surface area contributed by atoms with Gasteiger partial charge in [0.25, 0.3) is 0 Å². The average Bonchev–Trinajstić information content (AvgIpc) is 2.73. The molecule has 3 rings (SSSR count). The third-order valence-corrected chi connectivity index (χ3v) is 4.74. The van der Waals surface area contributed by atoms with Crippen molar-refractivity contribution < 1.29 is 19.4 Å². The van der Waals surface area contributed by atoms with Gasteiger partial charge in [-0.15, -0.1) is 0 Å². The summed E-state index contributed by atoms with van der Waals surface area (Å²) in [5.74, 6) is 0.788. The number of carbonyl (C=O) groups is 1. The average molecular weight is 370 g/mol. The van der Waals surface area contributed by atoms with Crippen LogP contribution in [0, 0.1) is 0 Å². The fraction of sp³-hybridized carbons (Fsp3) is 0.381. The Morgan fingerprint density at radius 1 is 1.19 bits per heavy atom. The Morgan fingerprint density at radius 2 is 1.93 bits per heavy atom. The monoisotopic (exact) mass is 370 g/mol. The maximum atomic E-state index is 12.3. The molecule has 2 N–H and O–H groups in total. The first-order chi connectivity index (χ1) is 13.2. The van der Waals surface area contributed by atoms with E-state index in [2.05, 4.69) is 5.32 Å². The number of benzene rings is 2. The van der Waals surface area contributed by atoms with E-state index in [-0.39, 0.29) is 18.7 Å². The van der Waals surface area contributed by atoms with Gasteiger partial charge in [0, 0.05) is 19.6 Å². The third kappa shape index (κ3) is 5.45. The maximum absolute atomic E-state index is 12.3. The molecule has 144 valence electrons. The first-order valence-corrected chi connectivity index (χ1v) is 9.15. The van der Waals surface area contributed by atoms with Crippen LogP contribution in [0.5, 0.6) is 5.75 Å². The highest BCUT2D eigenvalue weighted by Crippen LogP contribution is 2.15. The van der Waals surface area contributed by atoms with Gasteiger partial charge in [-0.2, -0.15) is 0 Å². The molecule has 0 saturated carbocycles. The fourth-order valence-electron chi connectivity index (χ4n) is 3.16. The Labute approximate surface area is 159 Å². The molecule has 6 heteroatoms. The molecule has 1 heterocycles. The van der Waals surface area contributed by atoms with Crippen LogP contribution in [0.1, 0.15) is 11.1 Å². The van der Waals surface area contributed by atoms with Crippen molar-refractivity contribution in [3.8, 4) is 5.75 Å². The summed E-state index contributed by atoms with van der Waals surface area (Å²) < 4.78 is 10.6. The Hall–Kier alpha value is -2.57. The summed E-state index contributed by atoms with van der Waals surface area (Å²) in [7, 11) is 1.63. The molecule has 0 radical (unpaired) electrons. The molecule has 0 spiro atoms. The molecule has 2 atom stereocenters. The summed E-state index contributed by atoms with van der Waals surface area (Å²) >= 11 is 0. The number of carbonyl (C=O) groups excluding carboxylic acids is 1. The predicted octanol–water partition coefficient (Wildman–Crippen LogP) is 2.21. The van der Waals surface area contributed by atoms with Crippen LogP contribution in [0.25, 0.3) is 0 Å². The fourth-order valence-corrected chi connectivity index (χ4v) is 3.16. The molecule has 2 aromatic rings. The summed E-state index contributed by atoms with van der Waals surface area (Å²) in [5.41, 5.74) is 1.98. The number of nitrogens with one attached hydrogen (secondary N) is 1. The van der Waals surface area contributed by atoms with E-state index in [4.69, 9.17) is 9.47 Å². The number of hydrogen-bond donors (Lipinski definition) is 2. The van der Waals surface area contributed by atoms with Crippen molar-refractivity contribution in [2.45, 2.75) is 25.2 Å². The van der Waals surface area contributed by atoms with Crippen molar-refractivity contribution in [1.29, 1.82) is 0 Å². The van der Waals surface area contributed by atoms with E-state index in [1.54, 1.807) is 12.0 Å². The second-order valence-electron chi connectivity index (χ2n) is 6.67. The largest absolute Gasteiger partial charge is 0.497 e. The van der Waals surface area contributed by atoms with Gasteiger partial charge in [-0.1, -0.05) is 42.5 Å². The molecule has 27 heavy (non-hydrogen) atoms. The Kier molecular flexibility index (Phi) is 6.68. The van der Waals surface area contributed by atoms with Gasteiger partial charge in [0.15, 0.2) is 0 Å². The first-order valence-electron chi connectivity index (χ1n) is 9.15. The summed E-state index contributed by atoms with van der Waals surface area (Å²) in [6.07, 6.45) is -0.431. The minimum atomic E-state index is -0.594. The molecule has 1 aliphatic heterocycles. The second-order valence-corrected chi connectivity index (χ2v) is 6.67. The Bertz CT molecular complexity index is 721.